The Bertz CT molecular complexity index is 394. The second-order valence-corrected chi connectivity index (χ2v) is 4.71. The zero-order valence-corrected chi connectivity index (χ0v) is 11.0. The van der Waals surface area contributed by atoms with Crippen LogP contribution in [0, 0.1) is 13.8 Å². The number of unbranched alkanes of at least 4 members (excludes halogenated alkanes) is 3. The number of phenolic OH excluding ortho intramolecular Hbond substituents is 1. The average molecular weight is 234 g/mol. The van der Waals surface area contributed by atoms with E-state index < -0.39 is 0 Å². The highest BCUT2D eigenvalue weighted by Gasteiger charge is 2.13. The number of rotatable bonds is 6. The molecule has 0 amide bonds. The summed E-state index contributed by atoms with van der Waals surface area (Å²) in [5.74, 6) is 0.210. The third-order valence-electron chi connectivity index (χ3n) is 3.00. The zero-order valence-electron chi connectivity index (χ0n) is 11.0. The van der Waals surface area contributed by atoms with E-state index in [1.165, 1.54) is 12.8 Å². The lowest BCUT2D eigenvalue weighted by atomic mass is 9.99. The van der Waals surface area contributed by atoms with E-state index in [4.69, 9.17) is 0 Å². The predicted octanol–water partition coefficient (Wildman–Crippen LogP) is 4.16. The first-order valence-electron chi connectivity index (χ1n) is 6.39. The van der Waals surface area contributed by atoms with Gasteiger partial charge in [0, 0.05) is 6.42 Å². The van der Waals surface area contributed by atoms with Gasteiger partial charge in [-0.25, -0.2) is 0 Å². The molecule has 0 aliphatic rings. The fourth-order valence-corrected chi connectivity index (χ4v) is 2.02. The molecule has 0 bridgehead atoms. The first-order chi connectivity index (χ1) is 8.06. The quantitative estimate of drug-likeness (QED) is 0.592. The molecule has 1 N–H and O–H groups in total. The lowest BCUT2D eigenvalue weighted by molar-refractivity contribution is 0.0976. The van der Waals surface area contributed by atoms with Crippen molar-refractivity contribution < 1.29 is 9.90 Å². The maximum Gasteiger partial charge on any atom is 0.166 e. The maximum atomic E-state index is 12.0. The van der Waals surface area contributed by atoms with Gasteiger partial charge in [-0.05, 0) is 37.5 Å². The van der Waals surface area contributed by atoms with Gasteiger partial charge in [0.15, 0.2) is 5.78 Å². The van der Waals surface area contributed by atoms with E-state index in [2.05, 4.69) is 6.92 Å². The smallest absolute Gasteiger partial charge is 0.166 e. The maximum absolute atomic E-state index is 12.0. The monoisotopic (exact) mass is 234 g/mol. The van der Waals surface area contributed by atoms with Gasteiger partial charge in [-0.1, -0.05) is 32.3 Å². The molecule has 0 saturated heterocycles. The van der Waals surface area contributed by atoms with Crippen LogP contribution in [0.5, 0.6) is 5.75 Å². The summed E-state index contributed by atoms with van der Waals surface area (Å²) < 4.78 is 0. The van der Waals surface area contributed by atoms with Crippen molar-refractivity contribution in [3.8, 4) is 5.75 Å². The van der Waals surface area contributed by atoms with Gasteiger partial charge in [-0.15, -0.1) is 0 Å². The molecule has 0 spiro atoms. The Morgan fingerprint density at radius 1 is 1.18 bits per heavy atom. The van der Waals surface area contributed by atoms with Gasteiger partial charge in [0.1, 0.15) is 5.75 Å². The number of phenols is 1. The van der Waals surface area contributed by atoms with E-state index in [1.54, 1.807) is 6.07 Å². The molecule has 2 nitrogen and oxygen atoms in total. The Kier molecular flexibility index (Phi) is 5.20. The normalized spacial score (nSPS) is 10.5. The Hall–Kier alpha value is -1.31. The minimum atomic E-state index is 0.0606. The number of hydrogen-bond acceptors (Lipinski definition) is 2. The van der Waals surface area contributed by atoms with Gasteiger partial charge in [0.25, 0.3) is 0 Å². The molecule has 1 aromatic carbocycles. The number of aryl methyl sites for hydroxylation is 2. The molecule has 1 rings (SSSR count). The molecule has 17 heavy (non-hydrogen) atoms. The number of hydrogen-bond donors (Lipinski definition) is 1. The van der Waals surface area contributed by atoms with Crippen LogP contribution < -0.4 is 0 Å². The number of ketones is 1. The first kappa shape index (κ1) is 13.8. The summed E-state index contributed by atoms with van der Waals surface area (Å²) in [7, 11) is 0. The molecular weight excluding hydrogens is 212 g/mol. The Labute approximate surface area is 104 Å². The lowest BCUT2D eigenvalue weighted by Gasteiger charge is -2.08. The molecule has 0 atom stereocenters. The minimum Gasteiger partial charge on any atom is -0.507 e. The predicted molar refractivity (Wildman–Crippen MR) is 70.7 cm³/mol. The summed E-state index contributed by atoms with van der Waals surface area (Å²) in [6.45, 7) is 5.92. The fourth-order valence-electron chi connectivity index (χ4n) is 2.02. The van der Waals surface area contributed by atoms with Crippen molar-refractivity contribution in [3.63, 3.8) is 0 Å². The molecule has 0 radical (unpaired) electrons. The summed E-state index contributed by atoms with van der Waals surface area (Å²) in [6, 6.07) is 3.67. The number of Topliss-reactive ketones (excluding diaryl/α,β-unsaturated/α-hetero) is 1. The third-order valence-corrected chi connectivity index (χ3v) is 3.00. The molecule has 1 aromatic rings. The summed E-state index contributed by atoms with van der Waals surface area (Å²) >= 11 is 0. The number of carbonyl (C=O) groups excluding carboxylic acids is 1. The van der Waals surface area contributed by atoms with Gasteiger partial charge in [0.05, 0.1) is 5.56 Å². The Morgan fingerprint density at radius 2 is 1.88 bits per heavy atom. The van der Waals surface area contributed by atoms with Gasteiger partial charge >= 0.3 is 0 Å². The number of carbonyl (C=O) groups is 1. The molecule has 0 unspecified atom stereocenters. The molecule has 0 aliphatic heterocycles. The van der Waals surface area contributed by atoms with E-state index in [1.807, 2.05) is 19.9 Å². The van der Waals surface area contributed by atoms with Crippen LogP contribution in [0.1, 0.15) is 60.5 Å². The van der Waals surface area contributed by atoms with Crippen molar-refractivity contribution in [2.24, 2.45) is 0 Å². The third kappa shape index (κ3) is 3.88. The van der Waals surface area contributed by atoms with Crippen LogP contribution >= 0.6 is 0 Å². The van der Waals surface area contributed by atoms with Crippen LogP contribution in [0.2, 0.25) is 0 Å². The van der Waals surface area contributed by atoms with E-state index >= 15 is 0 Å². The largest absolute Gasteiger partial charge is 0.507 e. The van der Waals surface area contributed by atoms with Crippen molar-refractivity contribution >= 4 is 5.78 Å². The molecule has 94 valence electrons. The summed E-state index contributed by atoms with van der Waals surface area (Å²) in [4.78, 5) is 12.0. The Balaban J connectivity index is 2.69. The summed E-state index contributed by atoms with van der Waals surface area (Å²) in [5.41, 5.74) is 2.29. The van der Waals surface area contributed by atoms with Crippen LogP contribution in [-0.4, -0.2) is 10.9 Å². The van der Waals surface area contributed by atoms with Gasteiger partial charge in [-0.3, -0.25) is 4.79 Å². The van der Waals surface area contributed by atoms with Crippen molar-refractivity contribution in [3.05, 3.63) is 28.8 Å². The topological polar surface area (TPSA) is 37.3 Å². The van der Waals surface area contributed by atoms with Gasteiger partial charge in [-0.2, -0.15) is 0 Å². The highest BCUT2D eigenvalue weighted by atomic mass is 16.3. The van der Waals surface area contributed by atoms with E-state index in [-0.39, 0.29) is 11.5 Å². The summed E-state index contributed by atoms with van der Waals surface area (Å²) in [6.07, 6.45) is 4.89. The molecule has 0 saturated carbocycles. The van der Waals surface area contributed by atoms with E-state index in [0.29, 0.717) is 12.0 Å². The first-order valence-corrected chi connectivity index (χ1v) is 6.39. The van der Waals surface area contributed by atoms with Gasteiger partial charge in [0.2, 0.25) is 0 Å². The van der Waals surface area contributed by atoms with Crippen LogP contribution in [0.4, 0.5) is 0 Å². The van der Waals surface area contributed by atoms with Crippen LogP contribution in [-0.2, 0) is 0 Å². The molecule has 0 aliphatic carbocycles. The number of benzene rings is 1. The molecule has 0 aromatic heterocycles. The molecular formula is C15H22O2. The lowest BCUT2D eigenvalue weighted by Crippen LogP contribution is -2.01. The standard InChI is InChI=1S/C15H22O2/c1-4-5-6-7-8-14(16)13-10-11(2)9-12(3)15(13)17/h9-10,17H,4-8H2,1-3H3. The average Bonchev–Trinajstić information content (AvgIpc) is 2.29. The second kappa shape index (κ2) is 6.43. The van der Waals surface area contributed by atoms with Crippen molar-refractivity contribution in [2.75, 3.05) is 0 Å². The van der Waals surface area contributed by atoms with Crippen molar-refractivity contribution in [2.45, 2.75) is 52.9 Å². The minimum absolute atomic E-state index is 0.0606. The number of aromatic hydroxyl groups is 1. The van der Waals surface area contributed by atoms with E-state index in [0.717, 1.165) is 24.0 Å². The van der Waals surface area contributed by atoms with Crippen LogP contribution in [0.3, 0.4) is 0 Å². The van der Waals surface area contributed by atoms with Gasteiger partial charge < -0.3 is 5.11 Å². The van der Waals surface area contributed by atoms with Crippen molar-refractivity contribution in [1.82, 2.24) is 0 Å². The highest BCUT2D eigenvalue weighted by Crippen LogP contribution is 2.25. The fraction of sp³-hybridized carbons (Fsp3) is 0.533. The summed E-state index contributed by atoms with van der Waals surface area (Å²) in [5, 5.41) is 9.87. The van der Waals surface area contributed by atoms with Crippen molar-refractivity contribution in [1.29, 1.82) is 0 Å². The second-order valence-electron chi connectivity index (χ2n) is 4.71. The zero-order chi connectivity index (χ0) is 12.8. The molecule has 2 heteroatoms. The molecule has 0 heterocycles. The molecule has 0 fully saturated rings. The van der Waals surface area contributed by atoms with E-state index in [9.17, 15) is 9.90 Å². The highest BCUT2D eigenvalue weighted by molar-refractivity contribution is 5.99. The Morgan fingerprint density at radius 3 is 2.53 bits per heavy atom. The van der Waals surface area contributed by atoms with Crippen LogP contribution in [0.25, 0.3) is 0 Å². The van der Waals surface area contributed by atoms with Crippen LogP contribution in [0.15, 0.2) is 12.1 Å². The SMILES string of the molecule is CCCCCCC(=O)c1cc(C)cc(C)c1O.